The summed E-state index contributed by atoms with van der Waals surface area (Å²) in [5.41, 5.74) is 4.58. The summed E-state index contributed by atoms with van der Waals surface area (Å²) in [5, 5.41) is 12.1. The number of nitrogens with zero attached hydrogens (tertiary/aromatic N) is 6. The number of anilines is 3. The van der Waals surface area contributed by atoms with Gasteiger partial charge in [0.15, 0.2) is 5.65 Å². The first-order valence-electron chi connectivity index (χ1n) is 11.9. The van der Waals surface area contributed by atoms with Crippen molar-refractivity contribution in [2.75, 3.05) is 36.5 Å². The fraction of sp³-hybridized carbons (Fsp3) is 0.231. The summed E-state index contributed by atoms with van der Waals surface area (Å²) in [7, 11) is 0. The van der Waals surface area contributed by atoms with Crippen molar-refractivity contribution in [1.29, 1.82) is 0 Å². The number of aryl methyl sites for hydroxylation is 1. The lowest BCUT2D eigenvalue weighted by atomic mass is 10.1. The van der Waals surface area contributed by atoms with Crippen molar-refractivity contribution in [2.24, 2.45) is 0 Å². The molecule has 7 rings (SSSR count). The molecular weight excluding hydrogens is 492 g/mol. The maximum Gasteiger partial charge on any atom is 0.158 e. The molecule has 2 aromatic carbocycles. The second kappa shape index (κ2) is 9.38. The van der Waals surface area contributed by atoms with Gasteiger partial charge in [0.1, 0.15) is 42.3 Å². The Morgan fingerprint density at radius 3 is 2.95 bits per heavy atom. The topological polar surface area (TPSA) is 102 Å². The standard InChI is InChI=1S/C26H24N8O2.ClH/c1-16-8-17(2-3-23(16)36-19-4-6-34-25(9-19)29-15-31-34)32-26-20-10-22-24(11-21(20)28-14-30-26)35-13-18-12-33(22)7-5-27-18;/h2-4,6,8-11,14-15,18,27H,5,7,12-13H2,1H3,(H,28,30,32);1H. The molecule has 3 aromatic heterocycles. The summed E-state index contributed by atoms with van der Waals surface area (Å²) in [6, 6.07) is 14.2. The molecular formula is C26H25ClN8O2. The van der Waals surface area contributed by atoms with Crippen LogP contribution in [-0.4, -0.2) is 56.8 Å². The van der Waals surface area contributed by atoms with E-state index in [-0.39, 0.29) is 12.4 Å². The van der Waals surface area contributed by atoms with Crippen LogP contribution in [0.25, 0.3) is 16.6 Å². The molecule has 2 N–H and O–H groups in total. The van der Waals surface area contributed by atoms with Crippen LogP contribution in [0.3, 0.4) is 0 Å². The van der Waals surface area contributed by atoms with E-state index in [1.807, 2.05) is 49.5 Å². The summed E-state index contributed by atoms with van der Waals surface area (Å²) in [6.07, 6.45) is 4.93. The van der Waals surface area contributed by atoms with Crippen LogP contribution in [0.4, 0.5) is 17.2 Å². The van der Waals surface area contributed by atoms with E-state index in [2.05, 4.69) is 41.7 Å². The van der Waals surface area contributed by atoms with Gasteiger partial charge in [-0.2, -0.15) is 5.10 Å². The normalized spacial score (nSPS) is 16.5. The first-order valence-corrected chi connectivity index (χ1v) is 11.9. The van der Waals surface area contributed by atoms with Gasteiger partial charge in [0, 0.05) is 49.0 Å². The quantitative estimate of drug-likeness (QED) is 0.365. The first kappa shape index (κ1) is 23.3. The number of hydrogen-bond donors (Lipinski definition) is 2. The number of piperazine rings is 1. The Labute approximate surface area is 219 Å². The average molecular weight is 517 g/mol. The molecule has 1 unspecified atom stereocenters. The Hall–Kier alpha value is -4.15. The van der Waals surface area contributed by atoms with E-state index >= 15 is 0 Å². The third-order valence-corrected chi connectivity index (χ3v) is 6.67. The van der Waals surface area contributed by atoms with E-state index in [1.54, 1.807) is 10.8 Å². The molecule has 11 heteroatoms. The number of halogens is 1. The van der Waals surface area contributed by atoms with Crippen LogP contribution in [-0.2, 0) is 0 Å². The lowest BCUT2D eigenvalue weighted by Crippen LogP contribution is -2.51. The van der Waals surface area contributed by atoms with Crippen LogP contribution in [0.2, 0.25) is 0 Å². The predicted molar refractivity (Wildman–Crippen MR) is 144 cm³/mol. The Kier molecular flexibility index (Phi) is 5.90. The highest BCUT2D eigenvalue weighted by atomic mass is 35.5. The zero-order chi connectivity index (χ0) is 24.1. The lowest BCUT2D eigenvalue weighted by molar-refractivity contribution is 0.271. The van der Waals surface area contributed by atoms with Gasteiger partial charge in [-0.3, -0.25) is 0 Å². The van der Waals surface area contributed by atoms with Gasteiger partial charge in [0.05, 0.1) is 17.2 Å². The van der Waals surface area contributed by atoms with Crippen molar-refractivity contribution < 1.29 is 9.47 Å². The minimum Gasteiger partial charge on any atom is -0.490 e. The summed E-state index contributed by atoms with van der Waals surface area (Å²) in [4.78, 5) is 15.7. The summed E-state index contributed by atoms with van der Waals surface area (Å²) in [5.74, 6) is 3.11. The molecule has 1 fully saturated rings. The van der Waals surface area contributed by atoms with E-state index in [9.17, 15) is 0 Å². The number of benzene rings is 2. The number of pyridine rings is 1. The van der Waals surface area contributed by atoms with Crippen LogP contribution >= 0.6 is 12.4 Å². The van der Waals surface area contributed by atoms with Gasteiger partial charge in [-0.1, -0.05) is 0 Å². The smallest absolute Gasteiger partial charge is 0.158 e. The molecule has 37 heavy (non-hydrogen) atoms. The van der Waals surface area contributed by atoms with Crippen molar-refractivity contribution >= 4 is 46.1 Å². The zero-order valence-corrected chi connectivity index (χ0v) is 20.9. The molecule has 2 aliphatic rings. The van der Waals surface area contributed by atoms with Crippen molar-refractivity contribution in [3.8, 4) is 17.2 Å². The van der Waals surface area contributed by atoms with Gasteiger partial charge >= 0.3 is 0 Å². The van der Waals surface area contributed by atoms with E-state index in [4.69, 9.17) is 9.47 Å². The van der Waals surface area contributed by atoms with Gasteiger partial charge in [-0.15, -0.1) is 12.4 Å². The molecule has 0 amide bonds. The summed E-state index contributed by atoms with van der Waals surface area (Å²) in [6.45, 7) is 5.50. The van der Waals surface area contributed by atoms with Crippen LogP contribution < -0.4 is 25.0 Å². The van der Waals surface area contributed by atoms with Crippen molar-refractivity contribution in [3.63, 3.8) is 0 Å². The van der Waals surface area contributed by atoms with Gasteiger partial charge < -0.3 is 25.0 Å². The van der Waals surface area contributed by atoms with Crippen LogP contribution in [0.15, 0.2) is 61.3 Å². The average Bonchev–Trinajstić information content (AvgIpc) is 3.33. The number of rotatable bonds is 4. The third-order valence-electron chi connectivity index (χ3n) is 6.67. The molecule has 188 valence electrons. The van der Waals surface area contributed by atoms with Gasteiger partial charge in [-0.25, -0.2) is 19.5 Å². The predicted octanol–water partition coefficient (Wildman–Crippen LogP) is 4.11. The molecule has 0 aliphatic carbocycles. The monoisotopic (exact) mass is 516 g/mol. The van der Waals surface area contributed by atoms with Gasteiger partial charge in [0.2, 0.25) is 0 Å². The molecule has 2 bridgehead atoms. The fourth-order valence-corrected chi connectivity index (χ4v) is 4.85. The molecule has 0 radical (unpaired) electrons. The number of ether oxygens (including phenoxy) is 2. The minimum atomic E-state index is 0. The van der Waals surface area contributed by atoms with Crippen LogP contribution in [0.5, 0.6) is 17.2 Å². The van der Waals surface area contributed by atoms with E-state index in [1.165, 1.54) is 6.33 Å². The Bertz CT molecular complexity index is 1610. The van der Waals surface area contributed by atoms with Crippen LogP contribution in [0, 0.1) is 6.92 Å². The fourth-order valence-electron chi connectivity index (χ4n) is 4.85. The number of hydrogen-bond acceptors (Lipinski definition) is 9. The van der Waals surface area contributed by atoms with E-state index in [0.29, 0.717) is 18.4 Å². The van der Waals surface area contributed by atoms with Crippen molar-refractivity contribution in [1.82, 2.24) is 29.9 Å². The molecule has 1 saturated heterocycles. The molecule has 10 nitrogen and oxygen atoms in total. The second-order valence-corrected chi connectivity index (χ2v) is 9.10. The number of fused-ring (bicyclic) bond motifs is 6. The highest BCUT2D eigenvalue weighted by molar-refractivity contribution is 5.95. The van der Waals surface area contributed by atoms with Gasteiger partial charge in [0.25, 0.3) is 0 Å². The Balaban J connectivity index is 0.00000252. The first-order chi connectivity index (χ1) is 17.7. The number of aromatic nitrogens is 5. The molecule has 1 atom stereocenters. The largest absolute Gasteiger partial charge is 0.490 e. The van der Waals surface area contributed by atoms with Crippen LogP contribution in [0.1, 0.15) is 5.56 Å². The highest BCUT2D eigenvalue weighted by Crippen LogP contribution is 2.38. The Morgan fingerprint density at radius 2 is 2.03 bits per heavy atom. The van der Waals surface area contributed by atoms with Crippen molar-refractivity contribution in [2.45, 2.75) is 13.0 Å². The van der Waals surface area contributed by atoms with Gasteiger partial charge in [-0.05, 0) is 42.8 Å². The van der Waals surface area contributed by atoms with Crippen molar-refractivity contribution in [3.05, 3.63) is 66.9 Å². The molecule has 5 heterocycles. The number of nitrogens with one attached hydrogen (secondary N) is 2. The highest BCUT2D eigenvalue weighted by Gasteiger charge is 2.27. The molecule has 2 aliphatic heterocycles. The third kappa shape index (κ3) is 4.34. The summed E-state index contributed by atoms with van der Waals surface area (Å²) < 4.78 is 13.9. The maximum atomic E-state index is 6.12. The van der Waals surface area contributed by atoms with E-state index in [0.717, 1.165) is 70.4 Å². The second-order valence-electron chi connectivity index (χ2n) is 9.10. The molecule has 0 saturated carbocycles. The summed E-state index contributed by atoms with van der Waals surface area (Å²) >= 11 is 0. The molecule has 0 spiro atoms. The maximum absolute atomic E-state index is 6.12. The SMILES string of the molecule is Cc1cc(Nc2ncnc3cc4c(cc23)N2CCNC(CO4)C2)ccc1Oc1ccn2ncnc2c1.Cl. The lowest BCUT2D eigenvalue weighted by Gasteiger charge is -2.32. The minimum absolute atomic E-state index is 0. The van der Waals surface area contributed by atoms with E-state index < -0.39 is 0 Å². The zero-order valence-electron chi connectivity index (χ0n) is 20.1. The molecule has 5 aromatic rings. The Morgan fingerprint density at radius 1 is 1.08 bits per heavy atom.